The van der Waals surface area contributed by atoms with E-state index in [0.717, 1.165) is 0 Å². The molecular formula is C10H15N3O3. The molecule has 1 aromatic heterocycles. The Morgan fingerprint density at radius 3 is 2.75 bits per heavy atom. The minimum absolute atomic E-state index is 0.168. The van der Waals surface area contributed by atoms with Crippen molar-refractivity contribution in [2.45, 2.75) is 6.92 Å². The van der Waals surface area contributed by atoms with Crippen molar-refractivity contribution in [3.05, 3.63) is 18.0 Å². The van der Waals surface area contributed by atoms with Crippen LogP contribution in [0.15, 0.2) is 12.3 Å². The van der Waals surface area contributed by atoms with Crippen molar-refractivity contribution in [2.24, 2.45) is 7.05 Å². The summed E-state index contributed by atoms with van der Waals surface area (Å²) in [5.74, 6) is -0.608. The summed E-state index contributed by atoms with van der Waals surface area (Å²) in [5.41, 5.74) is 6.55. The van der Waals surface area contributed by atoms with E-state index in [1.807, 2.05) is 0 Å². The van der Waals surface area contributed by atoms with Crippen molar-refractivity contribution in [2.75, 3.05) is 18.9 Å². The van der Waals surface area contributed by atoms with Crippen LogP contribution in [0.4, 0.5) is 5.69 Å². The second-order valence-electron chi connectivity index (χ2n) is 3.37. The van der Waals surface area contributed by atoms with Crippen molar-refractivity contribution in [3.8, 4) is 0 Å². The monoisotopic (exact) mass is 225 g/mol. The predicted molar refractivity (Wildman–Crippen MR) is 58.8 cm³/mol. The van der Waals surface area contributed by atoms with Gasteiger partial charge in [-0.15, -0.1) is 0 Å². The van der Waals surface area contributed by atoms with Crippen LogP contribution in [0, 0.1) is 0 Å². The van der Waals surface area contributed by atoms with Crippen molar-refractivity contribution < 1.29 is 14.3 Å². The van der Waals surface area contributed by atoms with E-state index in [0.29, 0.717) is 11.4 Å². The van der Waals surface area contributed by atoms with Gasteiger partial charge in [0.05, 0.1) is 12.2 Å². The standard InChI is InChI=1S/C10H15N3O3/c1-7(14)16-4-3-12-10(15)9-5-8(11)6-13(9)2/h5-6H,3-4,11H2,1-2H3,(H,12,15). The highest BCUT2D eigenvalue weighted by Crippen LogP contribution is 2.07. The third-order valence-electron chi connectivity index (χ3n) is 1.95. The lowest BCUT2D eigenvalue weighted by Gasteiger charge is -2.05. The fourth-order valence-electron chi connectivity index (χ4n) is 1.27. The van der Waals surface area contributed by atoms with Crippen LogP contribution in [0.1, 0.15) is 17.4 Å². The summed E-state index contributed by atoms with van der Waals surface area (Å²) in [6.07, 6.45) is 1.65. The molecular weight excluding hydrogens is 210 g/mol. The highest BCUT2D eigenvalue weighted by Gasteiger charge is 2.09. The third-order valence-corrected chi connectivity index (χ3v) is 1.95. The molecule has 0 fully saturated rings. The first kappa shape index (κ1) is 12.1. The Balaban J connectivity index is 2.41. The van der Waals surface area contributed by atoms with Crippen molar-refractivity contribution in [1.29, 1.82) is 0 Å². The number of hydrogen-bond acceptors (Lipinski definition) is 4. The van der Waals surface area contributed by atoms with Crippen LogP contribution in [0.3, 0.4) is 0 Å². The number of anilines is 1. The molecule has 3 N–H and O–H groups in total. The molecule has 6 heteroatoms. The number of hydrogen-bond donors (Lipinski definition) is 2. The van der Waals surface area contributed by atoms with Crippen LogP contribution >= 0.6 is 0 Å². The maximum atomic E-state index is 11.6. The zero-order valence-electron chi connectivity index (χ0n) is 9.32. The molecule has 0 spiro atoms. The van der Waals surface area contributed by atoms with E-state index in [2.05, 4.69) is 10.1 Å². The number of ether oxygens (including phenoxy) is 1. The predicted octanol–water partition coefficient (Wildman–Crippen LogP) is -0.0998. The molecule has 1 rings (SSSR count). The number of nitrogens with two attached hydrogens (primary N) is 1. The van der Waals surface area contributed by atoms with Crippen LogP contribution in [0.25, 0.3) is 0 Å². The number of nitrogens with one attached hydrogen (secondary N) is 1. The maximum absolute atomic E-state index is 11.6. The summed E-state index contributed by atoms with van der Waals surface area (Å²) in [6.45, 7) is 1.77. The molecule has 0 bridgehead atoms. The van der Waals surface area contributed by atoms with E-state index in [-0.39, 0.29) is 25.0 Å². The zero-order chi connectivity index (χ0) is 12.1. The van der Waals surface area contributed by atoms with E-state index in [9.17, 15) is 9.59 Å². The largest absolute Gasteiger partial charge is 0.464 e. The molecule has 0 aliphatic rings. The lowest BCUT2D eigenvalue weighted by Crippen LogP contribution is -2.29. The average molecular weight is 225 g/mol. The Hall–Kier alpha value is -1.98. The van der Waals surface area contributed by atoms with Crippen molar-refractivity contribution >= 4 is 17.6 Å². The Kier molecular flexibility index (Phi) is 3.93. The fraction of sp³-hybridized carbons (Fsp3) is 0.400. The first-order chi connectivity index (χ1) is 7.50. The number of rotatable bonds is 4. The Labute approximate surface area is 93.4 Å². The third kappa shape index (κ3) is 3.30. The lowest BCUT2D eigenvalue weighted by atomic mass is 10.4. The van der Waals surface area contributed by atoms with Gasteiger partial charge in [0.15, 0.2) is 0 Å². The van der Waals surface area contributed by atoms with Crippen molar-refractivity contribution in [3.63, 3.8) is 0 Å². The number of nitrogens with zero attached hydrogens (tertiary/aromatic N) is 1. The van der Waals surface area contributed by atoms with E-state index in [1.165, 1.54) is 6.92 Å². The quantitative estimate of drug-likeness (QED) is 0.553. The molecule has 88 valence electrons. The van der Waals surface area contributed by atoms with Gasteiger partial charge in [0.25, 0.3) is 5.91 Å². The number of nitrogen functional groups attached to an aromatic ring is 1. The summed E-state index contributed by atoms with van der Waals surface area (Å²) in [7, 11) is 1.73. The number of aromatic nitrogens is 1. The topological polar surface area (TPSA) is 86.3 Å². The van der Waals surface area contributed by atoms with Crippen LogP contribution in [-0.4, -0.2) is 29.6 Å². The molecule has 1 aromatic rings. The van der Waals surface area contributed by atoms with Crippen LogP contribution in [0.5, 0.6) is 0 Å². The summed E-state index contributed by atoms with van der Waals surface area (Å²) in [5, 5.41) is 2.62. The van der Waals surface area contributed by atoms with Gasteiger partial charge in [-0.3, -0.25) is 9.59 Å². The van der Waals surface area contributed by atoms with Crippen LogP contribution in [-0.2, 0) is 16.6 Å². The number of carbonyl (C=O) groups is 2. The smallest absolute Gasteiger partial charge is 0.302 e. The number of aryl methyl sites for hydroxylation is 1. The molecule has 6 nitrogen and oxygen atoms in total. The average Bonchev–Trinajstić information content (AvgIpc) is 2.52. The highest BCUT2D eigenvalue weighted by molar-refractivity contribution is 5.93. The van der Waals surface area contributed by atoms with Gasteiger partial charge in [-0.1, -0.05) is 0 Å². The normalized spacial score (nSPS) is 9.88. The molecule has 0 radical (unpaired) electrons. The molecule has 0 saturated heterocycles. The summed E-state index contributed by atoms with van der Waals surface area (Å²) in [6, 6.07) is 1.58. The fourth-order valence-corrected chi connectivity index (χ4v) is 1.27. The molecule has 0 aliphatic heterocycles. The van der Waals surface area contributed by atoms with Gasteiger partial charge in [-0.25, -0.2) is 0 Å². The van der Waals surface area contributed by atoms with Gasteiger partial charge >= 0.3 is 5.97 Å². The highest BCUT2D eigenvalue weighted by atomic mass is 16.5. The van der Waals surface area contributed by atoms with Crippen molar-refractivity contribution in [1.82, 2.24) is 9.88 Å². The van der Waals surface area contributed by atoms with Gasteiger partial charge < -0.3 is 20.4 Å². The molecule has 0 saturated carbocycles. The molecule has 1 heterocycles. The zero-order valence-corrected chi connectivity index (χ0v) is 9.32. The van der Waals surface area contributed by atoms with Gasteiger partial charge in [0.2, 0.25) is 0 Å². The number of amides is 1. The Morgan fingerprint density at radius 2 is 2.25 bits per heavy atom. The second kappa shape index (κ2) is 5.20. The molecule has 0 aliphatic carbocycles. The van der Waals surface area contributed by atoms with E-state index in [4.69, 9.17) is 5.73 Å². The molecule has 1 amide bonds. The SMILES string of the molecule is CC(=O)OCCNC(=O)c1cc(N)cn1C. The van der Waals surface area contributed by atoms with E-state index < -0.39 is 0 Å². The van der Waals surface area contributed by atoms with Gasteiger partial charge in [0.1, 0.15) is 12.3 Å². The summed E-state index contributed by atoms with van der Waals surface area (Å²) in [4.78, 5) is 22.1. The molecule has 0 aromatic carbocycles. The first-order valence-corrected chi connectivity index (χ1v) is 4.84. The van der Waals surface area contributed by atoms with Gasteiger partial charge in [-0.2, -0.15) is 0 Å². The van der Waals surface area contributed by atoms with Crippen LogP contribution in [0.2, 0.25) is 0 Å². The van der Waals surface area contributed by atoms with E-state index >= 15 is 0 Å². The molecule has 0 unspecified atom stereocenters. The second-order valence-corrected chi connectivity index (χ2v) is 3.37. The van der Waals surface area contributed by atoms with Crippen LogP contribution < -0.4 is 11.1 Å². The minimum atomic E-state index is -0.364. The van der Waals surface area contributed by atoms with Gasteiger partial charge in [-0.05, 0) is 6.07 Å². The molecule has 0 atom stereocenters. The number of carbonyl (C=O) groups excluding carboxylic acids is 2. The van der Waals surface area contributed by atoms with Gasteiger partial charge in [0, 0.05) is 20.2 Å². The Morgan fingerprint density at radius 1 is 1.56 bits per heavy atom. The Bertz CT molecular complexity index is 398. The first-order valence-electron chi connectivity index (χ1n) is 4.84. The number of esters is 1. The lowest BCUT2D eigenvalue weighted by molar-refractivity contribution is -0.140. The van der Waals surface area contributed by atoms with E-state index in [1.54, 1.807) is 23.9 Å². The summed E-state index contributed by atoms with van der Waals surface area (Å²) >= 11 is 0. The summed E-state index contributed by atoms with van der Waals surface area (Å²) < 4.78 is 6.31. The molecule has 16 heavy (non-hydrogen) atoms. The minimum Gasteiger partial charge on any atom is -0.464 e. The maximum Gasteiger partial charge on any atom is 0.302 e.